The molecule has 42 heavy (non-hydrogen) atoms. The average Bonchev–Trinajstić information content (AvgIpc) is 2.98. The Kier molecular flexibility index (Phi) is 8.60. The first-order valence-corrected chi connectivity index (χ1v) is 14.0. The highest BCUT2D eigenvalue weighted by Gasteiger charge is 2.21. The normalized spacial score (nSPS) is 11.5. The second-order valence-corrected chi connectivity index (χ2v) is 10.1. The molecule has 1 amide bonds. The first-order chi connectivity index (χ1) is 20.3. The predicted molar refractivity (Wildman–Crippen MR) is 163 cm³/mol. The minimum Gasteiger partial charge on any atom is -0.755 e. The minimum atomic E-state index is -2.81. The number of amides is 1. The molecular weight excluding hydrogens is 554 g/mol. The maximum absolute atomic E-state index is 12.8. The summed E-state index contributed by atoms with van der Waals surface area (Å²) in [5, 5.41) is 6.05. The van der Waals surface area contributed by atoms with E-state index in [1.54, 1.807) is 60.7 Å². The highest BCUT2D eigenvalue weighted by molar-refractivity contribution is 7.81. The van der Waals surface area contributed by atoms with Crippen molar-refractivity contribution in [1.29, 1.82) is 0 Å². The molecule has 1 heterocycles. The van der Waals surface area contributed by atoms with E-state index >= 15 is 0 Å². The average molecular weight is 583 g/mol. The number of anilines is 5. The summed E-state index contributed by atoms with van der Waals surface area (Å²) in [5.74, 6) is 1.06. The Labute approximate surface area is 245 Å². The van der Waals surface area contributed by atoms with Crippen LogP contribution < -0.4 is 24.4 Å². The molecule has 0 aliphatic carbocycles. The van der Waals surface area contributed by atoms with Gasteiger partial charge in [-0.1, -0.05) is 42.5 Å². The number of aryl methyl sites for hydroxylation is 1. The van der Waals surface area contributed by atoms with E-state index in [1.165, 1.54) is 14.2 Å². The zero-order valence-corrected chi connectivity index (χ0v) is 24.0. The van der Waals surface area contributed by atoms with Crippen LogP contribution in [0.5, 0.6) is 11.5 Å². The number of benzene rings is 4. The molecule has 1 atom stereocenters. The molecule has 0 saturated carbocycles. The highest BCUT2D eigenvalue weighted by atomic mass is 32.2. The summed E-state index contributed by atoms with van der Waals surface area (Å²) in [4.78, 5) is 22.2. The van der Waals surface area contributed by atoms with Gasteiger partial charge in [0.25, 0.3) is 0 Å². The van der Waals surface area contributed by atoms with Crippen LogP contribution in [0.15, 0.2) is 91.0 Å². The molecule has 0 aliphatic heterocycles. The number of carbonyl (C=O) groups is 1. The molecule has 0 bridgehead atoms. The Hall–Kier alpha value is -5.00. The van der Waals surface area contributed by atoms with E-state index in [0.29, 0.717) is 33.9 Å². The van der Waals surface area contributed by atoms with Crippen LogP contribution >= 0.6 is 0 Å². The first-order valence-electron chi connectivity index (χ1n) is 13.0. The SMILES string of the molecule is COc1cc(Nc2nc3ccccc3nc2N(c2cccc(NC(=O)Cc3ccccc3C)c2)S(=O)[O-])cc(OC)c1. The van der Waals surface area contributed by atoms with Crippen LogP contribution in [0.3, 0.4) is 0 Å². The standard InChI is InChI=1S/C31H29N5O5S/c1-20-9-4-5-10-21(20)15-29(37)32-22-11-8-12-24(16-22)36(42(38)39)31-30(34-27-13-6-7-14-28(27)35-31)33-23-17-25(40-2)19-26(18-23)41-3/h4-14,16-19H,15H2,1-3H3,(H,32,37)(H,33,34)(H,38,39)/p-1. The molecule has 0 fully saturated rings. The van der Waals surface area contributed by atoms with E-state index < -0.39 is 11.3 Å². The number of para-hydroxylation sites is 2. The summed E-state index contributed by atoms with van der Waals surface area (Å²) in [6.07, 6.45) is 0.183. The molecule has 10 nitrogen and oxygen atoms in total. The third-order valence-electron chi connectivity index (χ3n) is 6.48. The topological polar surface area (TPSA) is 129 Å². The van der Waals surface area contributed by atoms with E-state index in [4.69, 9.17) is 14.5 Å². The van der Waals surface area contributed by atoms with Crippen molar-refractivity contribution in [3.05, 3.63) is 102 Å². The monoisotopic (exact) mass is 582 g/mol. The van der Waals surface area contributed by atoms with Crippen LogP contribution in [0, 0.1) is 6.92 Å². The summed E-state index contributed by atoms with van der Waals surface area (Å²) < 4.78 is 37.3. The van der Waals surface area contributed by atoms with Crippen molar-refractivity contribution in [3.63, 3.8) is 0 Å². The fourth-order valence-electron chi connectivity index (χ4n) is 4.41. The van der Waals surface area contributed by atoms with E-state index in [2.05, 4.69) is 15.6 Å². The molecule has 11 heteroatoms. The number of nitrogens with zero attached hydrogens (tertiary/aromatic N) is 3. The van der Waals surface area contributed by atoms with Gasteiger partial charge in [0.15, 0.2) is 11.6 Å². The summed E-state index contributed by atoms with van der Waals surface area (Å²) >= 11 is -2.81. The summed E-state index contributed by atoms with van der Waals surface area (Å²) in [5.41, 5.74) is 4.22. The molecular formula is C31H28N5O5S-. The zero-order valence-electron chi connectivity index (χ0n) is 23.2. The molecule has 5 rings (SSSR count). The van der Waals surface area contributed by atoms with Gasteiger partial charge in [-0.25, -0.2) is 9.97 Å². The van der Waals surface area contributed by atoms with Gasteiger partial charge in [0.1, 0.15) is 11.5 Å². The lowest BCUT2D eigenvalue weighted by molar-refractivity contribution is -0.115. The number of ether oxygens (including phenoxy) is 2. The Bertz CT molecular complexity index is 1760. The van der Waals surface area contributed by atoms with Crippen molar-refractivity contribution < 1.29 is 23.0 Å². The largest absolute Gasteiger partial charge is 0.755 e. The molecule has 0 spiro atoms. The van der Waals surface area contributed by atoms with Gasteiger partial charge in [-0.05, 0) is 48.4 Å². The molecule has 0 aliphatic rings. The summed E-state index contributed by atoms with van der Waals surface area (Å²) in [6.45, 7) is 1.95. The Morgan fingerprint density at radius 3 is 2.19 bits per heavy atom. The Morgan fingerprint density at radius 1 is 0.857 bits per heavy atom. The van der Waals surface area contributed by atoms with E-state index in [1.807, 2.05) is 37.3 Å². The van der Waals surface area contributed by atoms with E-state index in [0.717, 1.165) is 15.4 Å². The lowest BCUT2D eigenvalue weighted by Gasteiger charge is -2.27. The maximum Gasteiger partial charge on any atom is 0.228 e. The molecule has 2 N–H and O–H groups in total. The lowest BCUT2D eigenvalue weighted by atomic mass is 10.1. The minimum absolute atomic E-state index is 0.0345. The van der Waals surface area contributed by atoms with E-state index in [-0.39, 0.29) is 29.7 Å². The van der Waals surface area contributed by atoms with Gasteiger partial charge in [0, 0.05) is 29.6 Å². The fraction of sp³-hybridized carbons (Fsp3) is 0.129. The van der Waals surface area contributed by atoms with Gasteiger partial charge in [0.2, 0.25) is 5.91 Å². The third kappa shape index (κ3) is 6.48. The Morgan fingerprint density at radius 2 is 1.52 bits per heavy atom. The number of rotatable bonds is 10. The number of aromatic nitrogens is 2. The van der Waals surface area contributed by atoms with Crippen LogP contribution in [0.1, 0.15) is 11.1 Å². The third-order valence-corrected chi connectivity index (χ3v) is 7.17. The van der Waals surface area contributed by atoms with Crippen LogP contribution in [-0.2, 0) is 22.5 Å². The number of hydrogen-bond donors (Lipinski definition) is 2. The number of fused-ring (bicyclic) bond motifs is 1. The van der Waals surface area contributed by atoms with Gasteiger partial charge in [-0.2, -0.15) is 0 Å². The molecule has 214 valence electrons. The first kappa shape index (κ1) is 28.5. The van der Waals surface area contributed by atoms with E-state index in [9.17, 15) is 13.6 Å². The maximum atomic E-state index is 12.8. The van der Waals surface area contributed by atoms with Crippen molar-refractivity contribution >= 4 is 56.9 Å². The van der Waals surface area contributed by atoms with Crippen molar-refractivity contribution in [2.75, 3.05) is 29.2 Å². The summed E-state index contributed by atoms with van der Waals surface area (Å²) in [7, 11) is 3.07. The van der Waals surface area contributed by atoms with Crippen molar-refractivity contribution in [2.45, 2.75) is 13.3 Å². The summed E-state index contributed by atoms with van der Waals surface area (Å²) in [6, 6.07) is 26.5. The zero-order chi connectivity index (χ0) is 29.6. The number of hydrogen-bond acceptors (Lipinski definition) is 8. The van der Waals surface area contributed by atoms with Crippen molar-refractivity contribution in [3.8, 4) is 11.5 Å². The Balaban J connectivity index is 1.53. The van der Waals surface area contributed by atoms with Gasteiger partial charge in [-0.15, -0.1) is 0 Å². The second-order valence-electron chi connectivity index (χ2n) is 9.32. The van der Waals surface area contributed by atoms with Crippen LogP contribution in [0.25, 0.3) is 11.0 Å². The quantitative estimate of drug-likeness (QED) is 0.197. The molecule has 4 aromatic carbocycles. The second kappa shape index (κ2) is 12.7. The number of methoxy groups -OCH3 is 2. The molecule has 1 aromatic heterocycles. The van der Waals surface area contributed by atoms with Crippen LogP contribution in [-0.4, -0.2) is 38.9 Å². The van der Waals surface area contributed by atoms with Gasteiger partial charge in [-0.3, -0.25) is 13.3 Å². The number of carbonyl (C=O) groups excluding carboxylic acids is 1. The molecule has 0 radical (unpaired) electrons. The van der Waals surface area contributed by atoms with Gasteiger partial charge in [0.05, 0.1) is 48.6 Å². The molecule has 1 unspecified atom stereocenters. The van der Waals surface area contributed by atoms with Crippen LogP contribution in [0.4, 0.5) is 28.7 Å². The van der Waals surface area contributed by atoms with Crippen LogP contribution in [0.2, 0.25) is 0 Å². The highest BCUT2D eigenvalue weighted by Crippen LogP contribution is 2.36. The van der Waals surface area contributed by atoms with Gasteiger partial charge < -0.3 is 24.7 Å². The van der Waals surface area contributed by atoms with Gasteiger partial charge >= 0.3 is 0 Å². The lowest BCUT2D eigenvalue weighted by Crippen LogP contribution is -2.23. The predicted octanol–water partition coefficient (Wildman–Crippen LogP) is 5.81. The molecule has 5 aromatic rings. The molecule has 0 saturated heterocycles. The van der Waals surface area contributed by atoms with Crippen molar-refractivity contribution in [2.24, 2.45) is 0 Å². The number of nitrogens with one attached hydrogen (secondary N) is 2. The van der Waals surface area contributed by atoms with Crippen molar-refractivity contribution in [1.82, 2.24) is 9.97 Å². The smallest absolute Gasteiger partial charge is 0.228 e. The fourth-order valence-corrected chi connectivity index (χ4v) is 4.96.